The fourth-order valence-electron chi connectivity index (χ4n) is 2.50. The highest BCUT2D eigenvalue weighted by Crippen LogP contribution is 2.21. The largest absolute Gasteiger partial charge is 0.496 e. The summed E-state index contributed by atoms with van der Waals surface area (Å²) >= 11 is 1.54. The van der Waals surface area contributed by atoms with Gasteiger partial charge in [-0.05, 0) is 36.6 Å². The van der Waals surface area contributed by atoms with Gasteiger partial charge >= 0.3 is 0 Å². The molecule has 27 heavy (non-hydrogen) atoms. The molecule has 146 valence electrons. The second-order valence-electron chi connectivity index (χ2n) is 6.00. The lowest BCUT2D eigenvalue weighted by atomic mass is 10.2. The van der Waals surface area contributed by atoms with Gasteiger partial charge in [-0.1, -0.05) is 18.2 Å². The lowest BCUT2D eigenvalue weighted by molar-refractivity contribution is -0.130. The lowest BCUT2D eigenvalue weighted by Gasteiger charge is -2.22. The molecule has 0 fully saturated rings. The Bertz CT molecular complexity index is 883. The standard InChI is InChI=1S/C19H24N2O4S2/c1-20(13-15-7-5-6-8-18(15)25-3)19(22)14-21(2)27(23,24)17-11-9-16(26-4)10-12-17/h5-12H,13-14H2,1-4H3. The number of methoxy groups -OCH3 is 1. The molecule has 0 aliphatic rings. The smallest absolute Gasteiger partial charge is 0.243 e. The minimum absolute atomic E-state index is 0.169. The van der Waals surface area contributed by atoms with Crippen molar-refractivity contribution in [1.29, 1.82) is 0 Å². The Balaban J connectivity index is 2.06. The molecular weight excluding hydrogens is 384 g/mol. The third-order valence-corrected chi connectivity index (χ3v) is 6.71. The van der Waals surface area contributed by atoms with Crippen LogP contribution < -0.4 is 4.74 Å². The summed E-state index contributed by atoms with van der Waals surface area (Å²) in [6, 6.07) is 14.0. The number of nitrogens with zero attached hydrogens (tertiary/aromatic N) is 2. The Labute approximate surface area is 165 Å². The summed E-state index contributed by atoms with van der Waals surface area (Å²) < 4.78 is 31.7. The maximum atomic E-state index is 12.7. The highest BCUT2D eigenvalue weighted by Gasteiger charge is 2.24. The molecule has 8 heteroatoms. The van der Waals surface area contributed by atoms with Crippen LogP contribution in [0.3, 0.4) is 0 Å². The van der Waals surface area contributed by atoms with E-state index in [9.17, 15) is 13.2 Å². The first-order chi connectivity index (χ1) is 12.8. The van der Waals surface area contributed by atoms with Gasteiger partial charge in [0.2, 0.25) is 15.9 Å². The summed E-state index contributed by atoms with van der Waals surface area (Å²) in [7, 11) is 0.897. The van der Waals surface area contributed by atoms with Crippen LogP contribution in [0, 0.1) is 0 Å². The number of hydrogen-bond acceptors (Lipinski definition) is 5. The number of sulfonamides is 1. The van der Waals surface area contributed by atoms with Crippen LogP contribution in [0.1, 0.15) is 5.56 Å². The average molecular weight is 409 g/mol. The SMILES string of the molecule is COc1ccccc1CN(C)C(=O)CN(C)S(=O)(=O)c1ccc(SC)cc1. The Hall–Kier alpha value is -2.03. The lowest BCUT2D eigenvalue weighted by Crippen LogP contribution is -2.39. The number of para-hydroxylation sites is 1. The molecule has 0 spiro atoms. The fraction of sp³-hybridized carbons (Fsp3) is 0.316. The van der Waals surface area contributed by atoms with E-state index in [1.54, 1.807) is 38.4 Å². The summed E-state index contributed by atoms with van der Waals surface area (Å²) in [5.41, 5.74) is 0.856. The first-order valence-corrected chi connectivity index (χ1v) is 10.9. The van der Waals surface area contributed by atoms with Crippen molar-refractivity contribution in [3.63, 3.8) is 0 Å². The molecule has 2 aromatic rings. The van der Waals surface area contributed by atoms with Crippen LogP contribution in [-0.2, 0) is 21.4 Å². The third-order valence-electron chi connectivity index (χ3n) is 4.15. The number of benzene rings is 2. The van der Waals surface area contributed by atoms with Crippen LogP contribution in [0.2, 0.25) is 0 Å². The van der Waals surface area contributed by atoms with Gasteiger partial charge in [0, 0.05) is 31.1 Å². The molecule has 0 radical (unpaired) electrons. The van der Waals surface area contributed by atoms with Crippen molar-refractivity contribution in [3.8, 4) is 5.75 Å². The highest BCUT2D eigenvalue weighted by atomic mass is 32.2. The molecule has 0 N–H and O–H groups in total. The van der Waals surface area contributed by atoms with Crippen LogP contribution in [-0.4, -0.2) is 57.5 Å². The molecular formula is C19H24N2O4S2. The number of carbonyl (C=O) groups is 1. The molecule has 0 heterocycles. The van der Waals surface area contributed by atoms with Gasteiger partial charge in [-0.2, -0.15) is 4.31 Å². The van der Waals surface area contributed by atoms with Crippen molar-refractivity contribution in [2.75, 3.05) is 34.0 Å². The predicted molar refractivity (Wildman–Crippen MR) is 108 cm³/mol. The predicted octanol–water partition coefficient (Wildman–Crippen LogP) is 2.70. The minimum Gasteiger partial charge on any atom is -0.496 e. The van der Waals surface area contributed by atoms with E-state index in [0.717, 1.165) is 14.8 Å². The second-order valence-corrected chi connectivity index (χ2v) is 8.92. The number of rotatable bonds is 8. The summed E-state index contributed by atoms with van der Waals surface area (Å²) in [6.45, 7) is 0.0947. The van der Waals surface area contributed by atoms with E-state index in [0.29, 0.717) is 12.3 Å². The zero-order valence-corrected chi connectivity index (χ0v) is 17.5. The molecule has 0 saturated heterocycles. The maximum Gasteiger partial charge on any atom is 0.243 e. The van der Waals surface area contributed by atoms with E-state index in [-0.39, 0.29) is 17.3 Å². The molecule has 1 amide bonds. The number of hydrogen-bond donors (Lipinski definition) is 0. The number of carbonyl (C=O) groups excluding carboxylic acids is 1. The van der Waals surface area contributed by atoms with Crippen LogP contribution in [0.15, 0.2) is 58.3 Å². The minimum atomic E-state index is -3.73. The molecule has 2 rings (SSSR count). The van der Waals surface area contributed by atoms with Gasteiger partial charge in [0.15, 0.2) is 0 Å². The van der Waals surface area contributed by atoms with Crippen molar-refractivity contribution < 1.29 is 17.9 Å². The van der Waals surface area contributed by atoms with Gasteiger partial charge < -0.3 is 9.64 Å². The molecule has 0 atom stereocenters. The zero-order chi connectivity index (χ0) is 20.0. The third kappa shape index (κ3) is 5.24. The molecule has 0 aromatic heterocycles. The van der Waals surface area contributed by atoms with Crippen molar-refractivity contribution in [2.24, 2.45) is 0 Å². The highest BCUT2D eigenvalue weighted by molar-refractivity contribution is 7.98. The van der Waals surface area contributed by atoms with Crippen LogP contribution in [0.5, 0.6) is 5.75 Å². The zero-order valence-electron chi connectivity index (χ0n) is 15.9. The quantitative estimate of drug-likeness (QED) is 0.629. The first-order valence-electron chi connectivity index (χ1n) is 8.26. The monoisotopic (exact) mass is 408 g/mol. The van der Waals surface area contributed by atoms with Crippen LogP contribution >= 0.6 is 11.8 Å². The Morgan fingerprint density at radius 2 is 1.70 bits per heavy atom. The van der Waals surface area contributed by atoms with Gasteiger partial charge in [-0.25, -0.2) is 8.42 Å². The number of thioether (sulfide) groups is 1. The molecule has 0 aliphatic carbocycles. The average Bonchev–Trinajstić information content (AvgIpc) is 2.68. The van der Waals surface area contributed by atoms with E-state index >= 15 is 0 Å². The molecule has 0 aliphatic heterocycles. The molecule has 6 nitrogen and oxygen atoms in total. The van der Waals surface area contributed by atoms with Crippen LogP contribution in [0.25, 0.3) is 0 Å². The number of likely N-dealkylation sites (N-methyl/N-ethyl adjacent to an activating group) is 2. The molecule has 0 unspecified atom stereocenters. The van der Waals surface area contributed by atoms with Gasteiger partial charge in [0.05, 0.1) is 18.6 Å². The normalized spacial score (nSPS) is 11.4. The Morgan fingerprint density at radius 3 is 2.30 bits per heavy atom. The number of ether oxygens (including phenoxy) is 1. The van der Waals surface area contributed by atoms with Crippen LogP contribution in [0.4, 0.5) is 0 Å². The summed E-state index contributed by atoms with van der Waals surface area (Å²) in [4.78, 5) is 15.1. The van der Waals surface area contributed by atoms with Crippen molar-refractivity contribution in [2.45, 2.75) is 16.3 Å². The topological polar surface area (TPSA) is 66.9 Å². The van der Waals surface area contributed by atoms with E-state index < -0.39 is 10.0 Å². The summed E-state index contributed by atoms with van der Waals surface area (Å²) in [6.07, 6.45) is 1.92. The summed E-state index contributed by atoms with van der Waals surface area (Å²) in [5.74, 6) is 0.389. The van der Waals surface area contributed by atoms with E-state index in [1.165, 1.54) is 23.7 Å². The van der Waals surface area contributed by atoms with E-state index in [4.69, 9.17) is 4.74 Å². The van der Waals surface area contributed by atoms with Crippen molar-refractivity contribution >= 4 is 27.7 Å². The first kappa shape index (κ1) is 21.3. The van der Waals surface area contributed by atoms with E-state index in [2.05, 4.69) is 0 Å². The summed E-state index contributed by atoms with van der Waals surface area (Å²) in [5, 5.41) is 0. The molecule has 0 bridgehead atoms. The number of amides is 1. The Morgan fingerprint density at radius 1 is 1.07 bits per heavy atom. The fourth-order valence-corrected chi connectivity index (χ4v) is 4.03. The van der Waals surface area contributed by atoms with E-state index in [1.807, 2.05) is 30.5 Å². The van der Waals surface area contributed by atoms with Gasteiger partial charge in [-0.3, -0.25) is 4.79 Å². The van der Waals surface area contributed by atoms with Gasteiger partial charge in [0.25, 0.3) is 0 Å². The second kappa shape index (κ2) is 9.25. The van der Waals surface area contributed by atoms with Crippen molar-refractivity contribution in [1.82, 2.24) is 9.21 Å². The Kier molecular flexibility index (Phi) is 7.29. The maximum absolute atomic E-state index is 12.7. The van der Waals surface area contributed by atoms with Gasteiger partial charge in [0.1, 0.15) is 5.75 Å². The van der Waals surface area contributed by atoms with Crippen molar-refractivity contribution in [3.05, 3.63) is 54.1 Å². The molecule has 2 aromatic carbocycles. The van der Waals surface area contributed by atoms with Gasteiger partial charge in [-0.15, -0.1) is 11.8 Å². The molecule has 0 saturated carbocycles.